The Labute approximate surface area is 110 Å². The van der Waals surface area contributed by atoms with Crippen LogP contribution >= 0.6 is 0 Å². The number of anilines is 1. The minimum Gasteiger partial charge on any atom is -0.388 e. The van der Waals surface area contributed by atoms with Crippen LogP contribution in [0.25, 0.3) is 0 Å². The van der Waals surface area contributed by atoms with E-state index in [4.69, 9.17) is 0 Å². The molecular formula is C13H22N2O2S. The highest BCUT2D eigenvalue weighted by atomic mass is 32.2. The molecule has 0 heterocycles. The van der Waals surface area contributed by atoms with Gasteiger partial charge in [0, 0.05) is 25.8 Å². The molecule has 0 aliphatic carbocycles. The Hall–Kier alpha value is -1.07. The van der Waals surface area contributed by atoms with Crippen LogP contribution in [0.5, 0.6) is 0 Å². The Bertz CT molecular complexity index is 497. The van der Waals surface area contributed by atoms with Gasteiger partial charge in [-0.2, -0.15) is 4.31 Å². The Balaban J connectivity index is 3.42. The number of hydrogen-bond acceptors (Lipinski definition) is 3. The van der Waals surface area contributed by atoms with Gasteiger partial charge >= 0.3 is 0 Å². The van der Waals surface area contributed by atoms with E-state index in [9.17, 15) is 8.42 Å². The molecule has 0 aliphatic rings. The number of benzene rings is 1. The number of nitrogens with one attached hydrogen (secondary N) is 1. The second kappa shape index (κ2) is 5.71. The first-order chi connectivity index (χ1) is 8.38. The first-order valence-corrected chi connectivity index (χ1v) is 7.61. The highest BCUT2D eigenvalue weighted by Gasteiger charge is 2.25. The third kappa shape index (κ3) is 2.67. The molecule has 1 rings (SSSR count). The predicted molar refractivity (Wildman–Crippen MR) is 75.6 cm³/mol. The van der Waals surface area contributed by atoms with Crippen LogP contribution in [0.15, 0.2) is 17.0 Å². The summed E-state index contributed by atoms with van der Waals surface area (Å²) in [5.41, 5.74) is 2.50. The summed E-state index contributed by atoms with van der Waals surface area (Å²) in [6.45, 7) is 8.37. The zero-order chi connectivity index (χ0) is 13.9. The molecule has 4 nitrogen and oxygen atoms in total. The molecule has 0 spiro atoms. The Morgan fingerprint density at radius 1 is 1.11 bits per heavy atom. The van der Waals surface area contributed by atoms with Crippen LogP contribution in [0.3, 0.4) is 0 Å². The minimum absolute atomic E-state index is 0.435. The fraction of sp³-hybridized carbons (Fsp3) is 0.538. The summed E-state index contributed by atoms with van der Waals surface area (Å²) in [6.07, 6.45) is 0. The molecule has 0 fully saturated rings. The lowest BCUT2D eigenvalue weighted by Gasteiger charge is -2.21. The lowest BCUT2D eigenvalue weighted by atomic mass is 10.1. The van der Waals surface area contributed by atoms with Crippen molar-refractivity contribution in [3.8, 4) is 0 Å². The van der Waals surface area contributed by atoms with Crippen molar-refractivity contribution in [2.75, 3.05) is 25.5 Å². The highest BCUT2D eigenvalue weighted by molar-refractivity contribution is 7.89. The number of rotatable bonds is 5. The Morgan fingerprint density at radius 3 is 1.89 bits per heavy atom. The lowest BCUT2D eigenvalue weighted by Crippen LogP contribution is -2.31. The summed E-state index contributed by atoms with van der Waals surface area (Å²) in [5, 5.41) is 3.04. The van der Waals surface area contributed by atoms with Crippen molar-refractivity contribution in [2.24, 2.45) is 0 Å². The van der Waals surface area contributed by atoms with E-state index < -0.39 is 10.0 Å². The van der Waals surface area contributed by atoms with E-state index in [1.165, 1.54) is 4.31 Å². The van der Waals surface area contributed by atoms with Crippen LogP contribution in [-0.2, 0) is 10.0 Å². The maximum atomic E-state index is 12.5. The van der Waals surface area contributed by atoms with Crippen LogP contribution in [0.4, 0.5) is 5.69 Å². The number of hydrogen-bond donors (Lipinski definition) is 1. The quantitative estimate of drug-likeness (QED) is 0.893. The van der Waals surface area contributed by atoms with Crippen LogP contribution in [0.1, 0.15) is 25.0 Å². The molecule has 102 valence electrons. The fourth-order valence-electron chi connectivity index (χ4n) is 2.19. The molecule has 1 aromatic rings. The van der Waals surface area contributed by atoms with E-state index in [1.807, 2.05) is 46.9 Å². The molecule has 0 amide bonds. The molecule has 5 heteroatoms. The molecule has 0 bridgehead atoms. The fourth-order valence-corrected chi connectivity index (χ4v) is 4.06. The van der Waals surface area contributed by atoms with Gasteiger partial charge in [0.2, 0.25) is 10.0 Å². The van der Waals surface area contributed by atoms with E-state index in [0.717, 1.165) is 16.8 Å². The largest absolute Gasteiger partial charge is 0.388 e. The van der Waals surface area contributed by atoms with Crippen LogP contribution in [-0.4, -0.2) is 32.9 Å². The van der Waals surface area contributed by atoms with Crippen molar-refractivity contribution >= 4 is 15.7 Å². The zero-order valence-corrected chi connectivity index (χ0v) is 12.6. The minimum atomic E-state index is -3.38. The molecule has 0 radical (unpaired) electrons. The zero-order valence-electron chi connectivity index (χ0n) is 11.7. The van der Waals surface area contributed by atoms with Crippen molar-refractivity contribution in [1.29, 1.82) is 0 Å². The van der Waals surface area contributed by atoms with Gasteiger partial charge < -0.3 is 5.32 Å². The van der Waals surface area contributed by atoms with Gasteiger partial charge in [-0.25, -0.2) is 8.42 Å². The summed E-state index contributed by atoms with van der Waals surface area (Å²) in [4.78, 5) is 0.435. The maximum Gasteiger partial charge on any atom is 0.243 e. The first-order valence-electron chi connectivity index (χ1n) is 6.17. The van der Waals surface area contributed by atoms with Crippen LogP contribution < -0.4 is 5.32 Å². The van der Waals surface area contributed by atoms with Crippen LogP contribution in [0.2, 0.25) is 0 Å². The van der Waals surface area contributed by atoms with Crippen molar-refractivity contribution in [3.05, 3.63) is 23.3 Å². The van der Waals surface area contributed by atoms with Crippen molar-refractivity contribution in [1.82, 2.24) is 4.31 Å². The van der Waals surface area contributed by atoms with Crippen molar-refractivity contribution in [2.45, 2.75) is 32.6 Å². The summed E-state index contributed by atoms with van der Waals surface area (Å²) in [7, 11) is -1.56. The average Bonchev–Trinajstić information content (AvgIpc) is 2.28. The second-order valence-electron chi connectivity index (χ2n) is 4.28. The van der Waals surface area contributed by atoms with Gasteiger partial charge in [-0.1, -0.05) is 13.8 Å². The molecule has 18 heavy (non-hydrogen) atoms. The number of aryl methyl sites for hydroxylation is 2. The summed E-state index contributed by atoms with van der Waals surface area (Å²) >= 11 is 0. The average molecular weight is 270 g/mol. The molecule has 0 aromatic heterocycles. The normalized spacial score (nSPS) is 11.9. The summed E-state index contributed by atoms with van der Waals surface area (Å²) in [5.74, 6) is 0. The highest BCUT2D eigenvalue weighted by Crippen LogP contribution is 2.26. The maximum absolute atomic E-state index is 12.5. The standard InChI is InChI=1S/C13H22N2O2S/c1-6-15(7-2)18(16,17)13-10(3)8-12(14-5)9-11(13)4/h8-9,14H,6-7H2,1-5H3. The molecule has 0 atom stereocenters. The molecule has 0 aliphatic heterocycles. The van der Waals surface area contributed by atoms with Crippen molar-refractivity contribution < 1.29 is 8.42 Å². The topological polar surface area (TPSA) is 49.4 Å². The van der Waals surface area contributed by atoms with Gasteiger partial charge in [-0.3, -0.25) is 0 Å². The van der Waals surface area contributed by atoms with Gasteiger partial charge in [-0.05, 0) is 37.1 Å². The Kier molecular flexibility index (Phi) is 4.76. The van der Waals surface area contributed by atoms with E-state index in [0.29, 0.717) is 18.0 Å². The molecule has 1 aromatic carbocycles. The van der Waals surface area contributed by atoms with Gasteiger partial charge in [-0.15, -0.1) is 0 Å². The number of sulfonamides is 1. The van der Waals surface area contributed by atoms with Gasteiger partial charge in [0.1, 0.15) is 0 Å². The van der Waals surface area contributed by atoms with Crippen molar-refractivity contribution in [3.63, 3.8) is 0 Å². The number of nitrogens with zero attached hydrogens (tertiary/aromatic N) is 1. The summed E-state index contributed by atoms with van der Waals surface area (Å²) < 4.78 is 26.6. The van der Waals surface area contributed by atoms with E-state index in [2.05, 4.69) is 5.32 Å². The molecular weight excluding hydrogens is 248 g/mol. The second-order valence-corrected chi connectivity index (χ2v) is 6.15. The molecule has 1 N–H and O–H groups in total. The van der Waals surface area contributed by atoms with E-state index >= 15 is 0 Å². The third-order valence-corrected chi connectivity index (χ3v) is 5.41. The molecule has 0 saturated heterocycles. The SMILES string of the molecule is CCN(CC)S(=O)(=O)c1c(C)cc(NC)cc1C. The van der Waals surface area contributed by atoms with Gasteiger partial charge in [0.05, 0.1) is 4.90 Å². The van der Waals surface area contributed by atoms with E-state index in [1.54, 1.807) is 0 Å². The summed E-state index contributed by atoms with van der Waals surface area (Å²) in [6, 6.07) is 3.73. The predicted octanol–water partition coefficient (Wildman–Crippen LogP) is 2.38. The monoisotopic (exact) mass is 270 g/mol. The first kappa shape index (κ1) is 15.0. The smallest absolute Gasteiger partial charge is 0.243 e. The Morgan fingerprint density at radius 2 is 1.56 bits per heavy atom. The van der Waals surface area contributed by atoms with E-state index in [-0.39, 0.29) is 0 Å². The van der Waals surface area contributed by atoms with Gasteiger partial charge in [0.25, 0.3) is 0 Å². The van der Waals surface area contributed by atoms with Gasteiger partial charge in [0.15, 0.2) is 0 Å². The third-order valence-electron chi connectivity index (χ3n) is 3.05. The lowest BCUT2D eigenvalue weighted by molar-refractivity contribution is 0.444. The molecule has 0 saturated carbocycles. The van der Waals surface area contributed by atoms with Crippen LogP contribution in [0, 0.1) is 13.8 Å². The molecule has 0 unspecified atom stereocenters.